The molecule has 2 rings (SSSR count). The fourth-order valence-electron chi connectivity index (χ4n) is 2.10. The van der Waals surface area contributed by atoms with Crippen LogP contribution in [0.15, 0.2) is 18.2 Å². The van der Waals surface area contributed by atoms with Crippen LogP contribution in [-0.2, 0) is 4.79 Å². The van der Waals surface area contributed by atoms with E-state index in [-0.39, 0.29) is 5.78 Å². The normalized spacial score (nSPS) is 19.2. The van der Waals surface area contributed by atoms with Crippen LogP contribution >= 0.6 is 23.2 Å². The quantitative estimate of drug-likeness (QED) is 0.767. The molecule has 0 radical (unpaired) electrons. The van der Waals surface area contributed by atoms with Gasteiger partial charge in [-0.1, -0.05) is 23.2 Å². The van der Waals surface area contributed by atoms with Crippen molar-refractivity contribution in [3.8, 4) is 0 Å². The molecule has 2 nitrogen and oxygen atoms in total. The van der Waals surface area contributed by atoms with E-state index in [1.54, 1.807) is 6.07 Å². The van der Waals surface area contributed by atoms with E-state index in [2.05, 4.69) is 0 Å². The third kappa shape index (κ3) is 1.92. The van der Waals surface area contributed by atoms with Gasteiger partial charge in [0.15, 0.2) is 5.78 Å². The summed E-state index contributed by atoms with van der Waals surface area (Å²) in [4.78, 5) is 13.8. The molecular weight excluding hydrogens is 245 g/mol. The Morgan fingerprint density at radius 3 is 2.19 bits per heavy atom. The summed E-state index contributed by atoms with van der Waals surface area (Å²) in [6.07, 6.45) is 0.580. The predicted octanol–water partition coefficient (Wildman–Crippen LogP) is 3.55. The summed E-state index contributed by atoms with van der Waals surface area (Å²) in [6.45, 7) is 4.58. The van der Waals surface area contributed by atoms with Crippen LogP contribution in [0, 0.1) is 0 Å². The van der Waals surface area contributed by atoms with Gasteiger partial charge in [-0.2, -0.15) is 0 Å². The van der Waals surface area contributed by atoms with Crippen LogP contribution < -0.4 is 4.90 Å². The number of nitrogens with zero attached hydrogens (tertiary/aromatic N) is 1. The van der Waals surface area contributed by atoms with Crippen LogP contribution in [0.2, 0.25) is 10.0 Å². The van der Waals surface area contributed by atoms with Crippen molar-refractivity contribution < 1.29 is 4.79 Å². The number of halogens is 2. The van der Waals surface area contributed by atoms with Gasteiger partial charge in [-0.25, -0.2) is 0 Å². The van der Waals surface area contributed by atoms with Gasteiger partial charge in [0.1, 0.15) is 0 Å². The van der Waals surface area contributed by atoms with Crippen molar-refractivity contribution in [2.45, 2.75) is 25.8 Å². The Morgan fingerprint density at radius 2 is 1.75 bits per heavy atom. The molecule has 1 aromatic carbocycles. The maximum absolute atomic E-state index is 11.7. The van der Waals surface area contributed by atoms with Crippen molar-refractivity contribution in [1.29, 1.82) is 0 Å². The first-order valence-electron chi connectivity index (χ1n) is 5.18. The summed E-state index contributed by atoms with van der Waals surface area (Å²) < 4.78 is 0. The van der Waals surface area contributed by atoms with Crippen molar-refractivity contribution in [1.82, 2.24) is 0 Å². The Labute approximate surface area is 105 Å². The number of rotatable bonds is 1. The topological polar surface area (TPSA) is 20.3 Å². The molecule has 0 amide bonds. The molecule has 1 fully saturated rings. The number of Topliss-reactive ketones (excluding diaryl/α,β-unsaturated/α-hetero) is 1. The summed E-state index contributed by atoms with van der Waals surface area (Å²) in [5.74, 6) is 0.253. The zero-order chi connectivity index (χ0) is 11.9. The zero-order valence-electron chi connectivity index (χ0n) is 9.26. The van der Waals surface area contributed by atoms with Gasteiger partial charge in [-0.15, -0.1) is 0 Å². The van der Waals surface area contributed by atoms with E-state index in [1.165, 1.54) is 0 Å². The minimum absolute atomic E-state index is 0.253. The minimum atomic E-state index is -0.464. The van der Waals surface area contributed by atoms with Crippen molar-refractivity contribution in [3.63, 3.8) is 0 Å². The van der Waals surface area contributed by atoms with Crippen molar-refractivity contribution in [3.05, 3.63) is 28.2 Å². The molecule has 0 aliphatic carbocycles. The second-order valence-corrected chi connectivity index (χ2v) is 5.38. The first-order chi connectivity index (χ1) is 7.41. The zero-order valence-corrected chi connectivity index (χ0v) is 10.8. The molecule has 1 aliphatic heterocycles. The summed E-state index contributed by atoms with van der Waals surface area (Å²) in [6, 6.07) is 5.37. The van der Waals surface area contributed by atoms with Gasteiger partial charge < -0.3 is 4.90 Å². The molecule has 0 saturated carbocycles. The Bertz CT molecular complexity index is 422. The number of ketones is 1. The lowest BCUT2D eigenvalue weighted by Crippen LogP contribution is -2.42. The van der Waals surface area contributed by atoms with Gasteiger partial charge in [0.05, 0.1) is 5.54 Å². The molecular formula is C12H13Cl2NO. The number of hydrogen-bond acceptors (Lipinski definition) is 2. The summed E-state index contributed by atoms with van der Waals surface area (Å²) in [5, 5.41) is 1.19. The lowest BCUT2D eigenvalue weighted by Gasteiger charge is -2.32. The molecule has 1 aromatic rings. The van der Waals surface area contributed by atoms with E-state index >= 15 is 0 Å². The second kappa shape index (κ2) is 3.94. The smallest absolute Gasteiger partial charge is 0.159 e. The van der Waals surface area contributed by atoms with Gasteiger partial charge in [0, 0.05) is 28.7 Å². The third-order valence-electron chi connectivity index (χ3n) is 3.08. The molecule has 0 spiro atoms. The standard InChI is InChI=1S/C12H13Cl2NO/c1-12(2)11(16)3-4-15(12)10-6-8(13)5-9(14)7-10/h5-7H,3-4H2,1-2H3. The van der Waals surface area contributed by atoms with Crippen molar-refractivity contribution in [2.75, 3.05) is 11.4 Å². The number of carbonyl (C=O) groups is 1. The first-order valence-corrected chi connectivity index (χ1v) is 5.94. The van der Waals surface area contributed by atoms with E-state index < -0.39 is 5.54 Å². The van der Waals surface area contributed by atoms with Crippen molar-refractivity contribution >= 4 is 34.7 Å². The Balaban J connectivity index is 2.42. The minimum Gasteiger partial charge on any atom is -0.359 e. The maximum atomic E-state index is 11.7. The lowest BCUT2D eigenvalue weighted by molar-refractivity contribution is -0.120. The highest BCUT2D eigenvalue weighted by molar-refractivity contribution is 6.35. The van der Waals surface area contributed by atoms with Crippen LogP contribution in [-0.4, -0.2) is 17.9 Å². The Morgan fingerprint density at radius 1 is 1.19 bits per heavy atom. The summed E-state index contributed by atoms with van der Waals surface area (Å²) in [5.41, 5.74) is 0.446. The molecule has 0 atom stereocenters. The second-order valence-electron chi connectivity index (χ2n) is 4.51. The number of carbonyl (C=O) groups excluding carboxylic acids is 1. The molecule has 0 unspecified atom stereocenters. The molecule has 1 heterocycles. The monoisotopic (exact) mass is 257 g/mol. The predicted molar refractivity (Wildman–Crippen MR) is 67.5 cm³/mol. The largest absolute Gasteiger partial charge is 0.359 e. The third-order valence-corrected chi connectivity index (χ3v) is 3.52. The van der Waals surface area contributed by atoms with E-state index in [0.29, 0.717) is 16.5 Å². The van der Waals surface area contributed by atoms with Gasteiger partial charge in [-0.3, -0.25) is 4.79 Å². The van der Waals surface area contributed by atoms with Gasteiger partial charge >= 0.3 is 0 Å². The van der Waals surface area contributed by atoms with Gasteiger partial charge in [0.2, 0.25) is 0 Å². The molecule has 1 aliphatic rings. The molecule has 1 saturated heterocycles. The van der Waals surface area contributed by atoms with E-state index in [1.807, 2.05) is 30.9 Å². The highest BCUT2D eigenvalue weighted by atomic mass is 35.5. The Hall–Kier alpha value is -0.730. The first kappa shape index (κ1) is 11.7. The summed E-state index contributed by atoms with van der Waals surface area (Å²) >= 11 is 11.9. The fourth-order valence-corrected chi connectivity index (χ4v) is 2.61. The Kier molecular flexibility index (Phi) is 2.89. The van der Waals surface area contributed by atoms with Gasteiger partial charge in [-0.05, 0) is 32.0 Å². The number of anilines is 1. The van der Waals surface area contributed by atoms with E-state index in [0.717, 1.165) is 12.2 Å². The van der Waals surface area contributed by atoms with Crippen LogP contribution in [0.1, 0.15) is 20.3 Å². The number of benzene rings is 1. The average molecular weight is 258 g/mol. The average Bonchev–Trinajstić information content (AvgIpc) is 2.40. The van der Waals surface area contributed by atoms with Crippen molar-refractivity contribution in [2.24, 2.45) is 0 Å². The van der Waals surface area contributed by atoms with Crippen LogP contribution in [0.5, 0.6) is 0 Å². The lowest BCUT2D eigenvalue weighted by atomic mass is 10.00. The highest BCUT2D eigenvalue weighted by Gasteiger charge is 2.40. The highest BCUT2D eigenvalue weighted by Crippen LogP contribution is 2.34. The van der Waals surface area contributed by atoms with Crippen LogP contribution in [0.3, 0.4) is 0 Å². The van der Waals surface area contributed by atoms with E-state index in [9.17, 15) is 4.79 Å². The molecule has 86 valence electrons. The fraction of sp³-hybridized carbons (Fsp3) is 0.417. The van der Waals surface area contributed by atoms with E-state index in [4.69, 9.17) is 23.2 Å². The van der Waals surface area contributed by atoms with Crippen LogP contribution in [0.25, 0.3) is 0 Å². The molecule has 0 aromatic heterocycles. The molecule has 0 bridgehead atoms. The molecule has 0 N–H and O–H groups in total. The molecule has 4 heteroatoms. The van der Waals surface area contributed by atoms with Gasteiger partial charge in [0.25, 0.3) is 0 Å². The number of hydrogen-bond donors (Lipinski definition) is 0. The SMILES string of the molecule is CC1(C)C(=O)CCN1c1cc(Cl)cc(Cl)c1. The molecule has 16 heavy (non-hydrogen) atoms. The maximum Gasteiger partial charge on any atom is 0.159 e. The summed E-state index contributed by atoms with van der Waals surface area (Å²) in [7, 11) is 0. The van der Waals surface area contributed by atoms with Crippen LogP contribution in [0.4, 0.5) is 5.69 Å².